The van der Waals surface area contributed by atoms with Gasteiger partial charge in [0.2, 0.25) is 0 Å². The zero-order valence-electron chi connectivity index (χ0n) is 12.6. The van der Waals surface area contributed by atoms with E-state index >= 15 is 0 Å². The molecule has 4 heteroatoms. The Morgan fingerprint density at radius 2 is 1.75 bits per heavy atom. The molecule has 0 aliphatic rings. The Bertz CT molecular complexity index is 1070. The van der Waals surface area contributed by atoms with Gasteiger partial charge < -0.3 is 0 Å². The summed E-state index contributed by atoms with van der Waals surface area (Å²) in [6.07, 6.45) is 5.43. The van der Waals surface area contributed by atoms with Gasteiger partial charge in [-0.25, -0.2) is 4.68 Å². The summed E-state index contributed by atoms with van der Waals surface area (Å²) in [5.41, 5.74) is 3.63. The van der Waals surface area contributed by atoms with E-state index < -0.39 is 0 Å². The molecule has 0 spiro atoms. The van der Waals surface area contributed by atoms with E-state index in [4.69, 9.17) is 11.6 Å². The van der Waals surface area contributed by atoms with Crippen LogP contribution in [-0.2, 0) is 0 Å². The third-order valence-electron chi connectivity index (χ3n) is 3.64. The number of hydrogen-bond donors (Lipinski definition) is 0. The van der Waals surface area contributed by atoms with E-state index in [2.05, 4.69) is 21.9 Å². The molecule has 0 aliphatic carbocycles. The fraction of sp³-hybridized carbons (Fsp3) is 0. The Morgan fingerprint density at radius 3 is 2.62 bits per heavy atom. The summed E-state index contributed by atoms with van der Waals surface area (Å²) in [7, 11) is 0. The highest BCUT2D eigenvalue weighted by atomic mass is 35.5. The Labute approximate surface area is 144 Å². The van der Waals surface area contributed by atoms with E-state index in [9.17, 15) is 0 Å². The largest absolute Gasteiger partial charge is 0.256 e. The van der Waals surface area contributed by atoms with Gasteiger partial charge in [0.25, 0.3) is 0 Å². The molecular weight excluding hydrogens is 318 g/mol. The Morgan fingerprint density at radius 1 is 0.917 bits per heavy atom. The Balaban J connectivity index is 1.72. The van der Waals surface area contributed by atoms with Gasteiger partial charge in [-0.2, -0.15) is 5.10 Å². The summed E-state index contributed by atoms with van der Waals surface area (Å²) in [6.45, 7) is 0. The van der Waals surface area contributed by atoms with Crippen LogP contribution in [0.2, 0.25) is 5.02 Å². The smallest absolute Gasteiger partial charge is 0.0755 e. The van der Waals surface area contributed by atoms with Gasteiger partial charge in [-0.05, 0) is 36.4 Å². The molecule has 0 saturated carbocycles. The predicted octanol–water partition coefficient (Wildman–Crippen LogP) is 4.47. The second-order valence-corrected chi connectivity index (χ2v) is 5.72. The second kappa shape index (κ2) is 6.19. The lowest BCUT2D eigenvalue weighted by atomic mass is 10.2. The van der Waals surface area contributed by atoms with Crippen LogP contribution in [0.5, 0.6) is 0 Å². The van der Waals surface area contributed by atoms with Crippen molar-refractivity contribution in [3.63, 3.8) is 0 Å². The van der Waals surface area contributed by atoms with Crippen LogP contribution in [-0.4, -0.2) is 14.8 Å². The maximum absolute atomic E-state index is 6.04. The number of pyridine rings is 1. The van der Waals surface area contributed by atoms with Crippen LogP contribution in [0.4, 0.5) is 0 Å². The normalized spacial score (nSPS) is 10.4. The lowest BCUT2D eigenvalue weighted by molar-refractivity contribution is 0.886. The number of hydrogen-bond acceptors (Lipinski definition) is 2. The Hall–Kier alpha value is -3.09. The molecule has 2 heterocycles. The average Bonchev–Trinajstić information content (AvgIpc) is 3.09. The van der Waals surface area contributed by atoms with Gasteiger partial charge in [0.05, 0.1) is 23.0 Å². The van der Waals surface area contributed by atoms with Gasteiger partial charge in [-0.1, -0.05) is 41.6 Å². The third-order valence-corrected chi connectivity index (χ3v) is 3.87. The number of fused-ring (bicyclic) bond motifs is 1. The lowest BCUT2D eigenvalue weighted by Crippen LogP contribution is -1.96. The summed E-state index contributed by atoms with van der Waals surface area (Å²) >= 11 is 6.04. The van der Waals surface area contributed by atoms with E-state index in [0.29, 0.717) is 5.02 Å². The molecule has 0 amide bonds. The molecule has 2 aromatic heterocycles. The second-order valence-electron chi connectivity index (χ2n) is 5.28. The zero-order valence-corrected chi connectivity index (χ0v) is 13.4. The van der Waals surface area contributed by atoms with Crippen LogP contribution in [0.25, 0.3) is 16.6 Å². The van der Waals surface area contributed by atoms with E-state index in [1.54, 1.807) is 12.4 Å². The monoisotopic (exact) mass is 329 g/mol. The zero-order chi connectivity index (χ0) is 16.4. The number of rotatable bonds is 1. The lowest BCUT2D eigenvalue weighted by Gasteiger charge is -2.05. The molecule has 0 N–H and O–H groups in total. The van der Waals surface area contributed by atoms with Crippen LogP contribution in [0.3, 0.4) is 0 Å². The first-order valence-corrected chi connectivity index (χ1v) is 7.84. The van der Waals surface area contributed by atoms with E-state index in [0.717, 1.165) is 27.7 Å². The van der Waals surface area contributed by atoms with E-state index in [1.807, 2.05) is 65.5 Å². The van der Waals surface area contributed by atoms with Gasteiger partial charge in [-0.15, -0.1) is 0 Å². The molecule has 24 heavy (non-hydrogen) atoms. The van der Waals surface area contributed by atoms with Crippen LogP contribution in [0.15, 0.2) is 73.2 Å². The maximum Gasteiger partial charge on any atom is 0.0755 e. The van der Waals surface area contributed by atoms with Crippen molar-refractivity contribution < 1.29 is 0 Å². The van der Waals surface area contributed by atoms with Crippen molar-refractivity contribution in [1.82, 2.24) is 14.8 Å². The van der Waals surface area contributed by atoms with Crippen LogP contribution < -0.4 is 0 Å². The topological polar surface area (TPSA) is 30.7 Å². The predicted molar refractivity (Wildman–Crippen MR) is 96.3 cm³/mol. The van der Waals surface area contributed by atoms with Gasteiger partial charge >= 0.3 is 0 Å². The van der Waals surface area contributed by atoms with Gasteiger partial charge in [0.1, 0.15) is 0 Å². The van der Waals surface area contributed by atoms with Crippen molar-refractivity contribution in [3.05, 3.63) is 89.3 Å². The van der Waals surface area contributed by atoms with Gasteiger partial charge in [0, 0.05) is 28.4 Å². The summed E-state index contributed by atoms with van der Waals surface area (Å²) in [5, 5.41) is 6.09. The molecule has 0 aliphatic heterocycles. The number of aromatic nitrogens is 3. The van der Waals surface area contributed by atoms with Crippen molar-refractivity contribution in [2.24, 2.45) is 0 Å². The summed E-state index contributed by atoms with van der Waals surface area (Å²) in [4.78, 5) is 4.36. The molecule has 0 atom stereocenters. The SMILES string of the molecule is Clc1ccc2c(-n3cc(C#Cc4ccccc4)cn3)ccnc2c1. The molecule has 2 aromatic carbocycles. The van der Waals surface area contributed by atoms with Crippen LogP contribution in [0.1, 0.15) is 11.1 Å². The summed E-state index contributed by atoms with van der Waals surface area (Å²) in [5.74, 6) is 6.28. The quantitative estimate of drug-likeness (QED) is 0.482. The standard InChI is InChI=1S/C20H12ClN3/c21-17-8-9-18-19(12-17)22-11-10-20(18)24-14-16(13-23-24)7-6-15-4-2-1-3-5-15/h1-5,8-14H. The summed E-state index contributed by atoms with van der Waals surface area (Å²) in [6, 6.07) is 17.5. The fourth-order valence-electron chi connectivity index (χ4n) is 2.49. The number of halogens is 1. The van der Waals surface area contributed by atoms with E-state index in [-0.39, 0.29) is 0 Å². The molecule has 3 nitrogen and oxygen atoms in total. The van der Waals surface area contributed by atoms with Crippen molar-refractivity contribution in [1.29, 1.82) is 0 Å². The van der Waals surface area contributed by atoms with Crippen molar-refractivity contribution >= 4 is 22.5 Å². The van der Waals surface area contributed by atoms with E-state index in [1.165, 1.54) is 0 Å². The number of nitrogens with zero attached hydrogens (tertiary/aromatic N) is 3. The van der Waals surface area contributed by atoms with Crippen LogP contribution in [0, 0.1) is 11.8 Å². The summed E-state index contributed by atoms with van der Waals surface area (Å²) < 4.78 is 1.81. The molecule has 114 valence electrons. The van der Waals surface area contributed by atoms with Gasteiger partial charge in [0.15, 0.2) is 0 Å². The first-order valence-electron chi connectivity index (χ1n) is 7.46. The highest BCUT2D eigenvalue weighted by Gasteiger charge is 2.06. The molecule has 0 fully saturated rings. The van der Waals surface area contributed by atoms with Gasteiger partial charge in [-0.3, -0.25) is 4.98 Å². The highest BCUT2D eigenvalue weighted by Crippen LogP contribution is 2.23. The molecule has 4 rings (SSSR count). The first-order chi connectivity index (χ1) is 11.8. The minimum Gasteiger partial charge on any atom is -0.256 e. The molecule has 0 radical (unpaired) electrons. The molecular formula is C20H12ClN3. The molecule has 0 bridgehead atoms. The van der Waals surface area contributed by atoms with Crippen LogP contribution >= 0.6 is 11.6 Å². The molecule has 4 aromatic rings. The van der Waals surface area contributed by atoms with Crippen molar-refractivity contribution in [3.8, 4) is 17.5 Å². The minimum absolute atomic E-state index is 0.669. The molecule has 0 saturated heterocycles. The first kappa shape index (κ1) is 14.5. The highest BCUT2D eigenvalue weighted by molar-refractivity contribution is 6.31. The average molecular weight is 330 g/mol. The van der Waals surface area contributed by atoms with Crippen molar-refractivity contribution in [2.75, 3.05) is 0 Å². The fourth-order valence-corrected chi connectivity index (χ4v) is 2.66. The minimum atomic E-state index is 0.669. The molecule has 0 unspecified atom stereocenters. The maximum atomic E-state index is 6.04. The third kappa shape index (κ3) is 2.88. The number of benzene rings is 2. The van der Waals surface area contributed by atoms with Crippen molar-refractivity contribution in [2.45, 2.75) is 0 Å². The Kier molecular flexibility index (Phi) is 3.74.